The van der Waals surface area contributed by atoms with Crippen molar-refractivity contribution in [2.75, 3.05) is 0 Å². The van der Waals surface area contributed by atoms with Gasteiger partial charge in [-0.15, -0.1) is 0 Å². The predicted molar refractivity (Wildman–Crippen MR) is 76.3 cm³/mol. The van der Waals surface area contributed by atoms with Crippen LogP contribution in [0.2, 0.25) is 10.2 Å². The Labute approximate surface area is 131 Å². The highest BCUT2D eigenvalue weighted by atomic mass is 35.5. The third-order valence-electron chi connectivity index (χ3n) is 2.11. The molecule has 2 rings (SSSR count). The van der Waals surface area contributed by atoms with Gasteiger partial charge in [0.1, 0.15) is 5.02 Å². The minimum absolute atomic E-state index is 0.00463. The fourth-order valence-corrected chi connectivity index (χ4v) is 1.70. The molecule has 0 radical (unpaired) electrons. The van der Waals surface area contributed by atoms with E-state index in [9.17, 15) is 25.0 Å². The largest absolute Gasteiger partial charge is 0.502 e. The molecule has 0 aromatic carbocycles. The first-order chi connectivity index (χ1) is 10.3. The van der Waals surface area contributed by atoms with Crippen LogP contribution < -0.4 is 5.56 Å². The lowest BCUT2D eigenvalue weighted by molar-refractivity contribution is -0.387. The van der Waals surface area contributed by atoms with Crippen LogP contribution in [-0.4, -0.2) is 24.9 Å². The van der Waals surface area contributed by atoms with Gasteiger partial charge in [0.25, 0.3) is 0 Å². The summed E-state index contributed by atoms with van der Waals surface area (Å²) in [6, 6.07) is 2.35. The van der Waals surface area contributed by atoms with Crippen LogP contribution in [0.4, 0.5) is 11.4 Å². The SMILES string of the molecule is O=[N+]([O-])c1c(Cl)ccnc1Cl.O=c1[nH]ccc(O)c1[N+](=O)[O-]. The summed E-state index contributed by atoms with van der Waals surface area (Å²) in [7, 11) is 0. The second kappa shape index (κ2) is 7.33. The summed E-state index contributed by atoms with van der Waals surface area (Å²) in [5.41, 5.74) is -2.08. The molecule has 116 valence electrons. The van der Waals surface area contributed by atoms with E-state index in [1.807, 2.05) is 0 Å². The average Bonchev–Trinajstić information content (AvgIpc) is 2.38. The summed E-state index contributed by atoms with van der Waals surface area (Å²) in [6.45, 7) is 0. The van der Waals surface area contributed by atoms with Gasteiger partial charge in [-0.1, -0.05) is 23.2 Å². The van der Waals surface area contributed by atoms with E-state index in [1.165, 1.54) is 12.3 Å². The standard InChI is InChI=1S/C5H2Cl2N2O2.C5H4N2O4/c6-3-1-2-8-5(7)4(3)9(10)11;8-3-1-2-6-5(9)4(3)7(10)11/h1-2H;1-2H,(H2,6,8,9). The Morgan fingerprint density at radius 1 is 1.14 bits per heavy atom. The van der Waals surface area contributed by atoms with Crippen LogP contribution in [0.3, 0.4) is 0 Å². The quantitative estimate of drug-likeness (QED) is 0.479. The molecular formula is C10H6Cl2N4O6. The molecule has 0 aliphatic rings. The number of pyridine rings is 2. The number of hydrogen-bond acceptors (Lipinski definition) is 7. The third-order valence-corrected chi connectivity index (χ3v) is 2.69. The summed E-state index contributed by atoms with van der Waals surface area (Å²) < 4.78 is 0. The lowest BCUT2D eigenvalue weighted by Gasteiger charge is -1.94. The van der Waals surface area contributed by atoms with E-state index in [1.54, 1.807) is 0 Å². The molecule has 0 unspecified atom stereocenters. The fourth-order valence-electron chi connectivity index (χ4n) is 1.21. The van der Waals surface area contributed by atoms with Crippen molar-refractivity contribution in [3.05, 3.63) is 65.3 Å². The van der Waals surface area contributed by atoms with Gasteiger partial charge in [-0.25, -0.2) is 4.98 Å². The van der Waals surface area contributed by atoms with Crippen LogP contribution in [0, 0.1) is 20.2 Å². The maximum atomic E-state index is 10.6. The Kier molecular flexibility index (Phi) is 5.78. The maximum absolute atomic E-state index is 10.6. The number of aromatic hydroxyl groups is 1. The molecule has 0 bridgehead atoms. The molecule has 2 heterocycles. The Balaban J connectivity index is 0.000000220. The van der Waals surface area contributed by atoms with Gasteiger partial charge in [0, 0.05) is 18.5 Å². The Bertz CT molecular complexity index is 758. The van der Waals surface area contributed by atoms with Gasteiger partial charge in [0.2, 0.25) is 10.9 Å². The first-order valence-corrected chi connectivity index (χ1v) is 6.00. The summed E-state index contributed by atoms with van der Waals surface area (Å²) in [5, 5.41) is 28.9. The highest BCUT2D eigenvalue weighted by Crippen LogP contribution is 2.29. The zero-order valence-corrected chi connectivity index (χ0v) is 11.9. The molecule has 2 N–H and O–H groups in total. The maximum Gasteiger partial charge on any atom is 0.374 e. The lowest BCUT2D eigenvalue weighted by atomic mass is 10.4. The van der Waals surface area contributed by atoms with Crippen LogP contribution in [-0.2, 0) is 0 Å². The molecule has 0 amide bonds. The summed E-state index contributed by atoms with van der Waals surface area (Å²) >= 11 is 10.8. The number of aromatic amines is 1. The first kappa shape index (κ1) is 17.3. The monoisotopic (exact) mass is 348 g/mol. The van der Waals surface area contributed by atoms with Gasteiger partial charge in [0.05, 0.1) is 9.85 Å². The number of nitrogens with zero attached hydrogens (tertiary/aromatic N) is 3. The normalized spacial score (nSPS) is 9.55. The molecule has 0 aliphatic heterocycles. The van der Waals surface area contributed by atoms with Crippen molar-refractivity contribution >= 4 is 34.6 Å². The molecule has 10 nitrogen and oxygen atoms in total. The van der Waals surface area contributed by atoms with Gasteiger partial charge in [0.15, 0.2) is 0 Å². The van der Waals surface area contributed by atoms with Crippen LogP contribution in [0.25, 0.3) is 0 Å². The zero-order chi connectivity index (χ0) is 16.9. The second-order valence-electron chi connectivity index (χ2n) is 3.49. The van der Waals surface area contributed by atoms with Gasteiger partial charge in [-0.05, 0) is 6.07 Å². The highest BCUT2D eigenvalue weighted by molar-refractivity contribution is 6.37. The van der Waals surface area contributed by atoms with E-state index >= 15 is 0 Å². The number of halogens is 2. The van der Waals surface area contributed by atoms with E-state index in [0.717, 1.165) is 12.3 Å². The van der Waals surface area contributed by atoms with Gasteiger partial charge in [-0.2, -0.15) is 0 Å². The van der Waals surface area contributed by atoms with Gasteiger partial charge >= 0.3 is 16.9 Å². The lowest BCUT2D eigenvalue weighted by Crippen LogP contribution is -2.10. The number of hydrogen-bond donors (Lipinski definition) is 2. The fraction of sp³-hybridized carbons (Fsp3) is 0. The van der Waals surface area contributed by atoms with Crippen molar-refractivity contribution in [1.29, 1.82) is 0 Å². The topological polar surface area (TPSA) is 152 Å². The van der Waals surface area contributed by atoms with E-state index in [0.29, 0.717) is 0 Å². The third kappa shape index (κ3) is 4.14. The van der Waals surface area contributed by atoms with Crippen molar-refractivity contribution in [3.63, 3.8) is 0 Å². The number of H-pyrrole nitrogens is 1. The Morgan fingerprint density at radius 3 is 2.09 bits per heavy atom. The molecular weight excluding hydrogens is 343 g/mol. The molecule has 0 fully saturated rings. The van der Waals surface area contributed by atoms with Crippen molar-refractivity contribution in [3.8, 4) is 5.75 Å². The van der Waals surface area contributed by atoms with Crippen LogP contribution in [0.15, 0.2) is 29.3 Å². The zero-order valence-electron chi connectivity index (χ0n) is 10.4. The van der Waals surface area contributed by atoms with Crippen molar-refractivity contribution < 1.29 is 15.0 Å². The van der Waals surface area contributed by atoms with Gasteiger partial charge < -0.3 is 10.1 Å². The summed E-state index contributed by atoms with van der Waals surface area (Å²) in [4.78, 5) is 34.9. The Morgan fingerprint density at radius 2 is 1.73 bits per heavy atom. The van der Waals surface area contributed by atoms with Gasteiger partial charge in [-0.3, -0.25) is 25.0 Å². The van der Waals surface area contributed by atoms with Crippen LogP contribution in [0.5, 0.6) is 5.75 Å². The molecule has 2 aromatic rings. The van der Waals surface area contributed by atoms with Crippen molar-refractivity contribution in [2.24, 2.45) is 0 Å². The molecule has 0 atom stereocenters. The predicted octanol–water partition coefficient (Wildman–Crippen LogP) is 2.29. The molecule has 0 aliphatic carbocycles. The van der Waals surface area contributed by atoms with E-state index in [-0.39, 0.29) is 15.9 Å². The van der Waals surface area contributed by atoms with Crippen molar-refractivity contribution in [2.45, 2.75) is 0 Å². The smallest absolute Gasteiger partial charge is 0.374 e. The number of rotatable bonds is 2. The molecule has 0 saturated carbocycles. The van der Waals surface area contributed by atoms with E-state index < -0.39 is 26.8 Å². The summed E-state index contributed by atoms with van der Waals surface area (Å²) in [5.74, 6) is -0.626. The van der Waals surface area contributed by atoms with E-state index in [4.69, 9.17) is 28.3 Å². The number of nitro groups is 2. The minimum atomic E-state index is -0.936. The second-order valence-corrected chi connectivity index (χ2v) is 4.25. The molecule has 22 heavy (non-hydrogen) atoms. The number of nitrogens with one attached hydrogen (secondary N) is 1. The molecule has 0 saturated heterocycles. The summed E-state index contributed by atoms with van der Waals surface area (Å²) in [6.07, 6.45) is 2.43. The molecule has 12 heteroatoms. The minimum Gasteiger partial charge on any atom is -0.502 e. The molecule has 2 aromatic heterocycles. The Hall–Kier alpha value is -2.72. The van der Waals surface area contributed by atoms with Crippen LogP contribution >= 0.6 is 23.2 Å². The van der Waals surface area contributed by atoms with E-state index in [2.05, 4.69) is 9.97 Å². The first-order valence-electron chi connectivity index (χ1n) is 5.25. The highest BCUT2D eigenvalue weighted by Gasteiger charge is 2.18. The van der Waals surface area contributed by atoms with Crippen LogP contribution in [0.1, 0.15) is 0 Å². The van der Waals surface area contributed by atoms with Crippen molar-refractivity contribution in [1.82, 2.24) is 9.97 Å². The number of aromatic nitrogens is 2. The molecule has 0 spiro atoms. The average molecular weight is 349 g/mol.